The Labute approximate surface area is 134 Å². The molecule has 0 fully saturated rings. The zero-order valence-electron chi connectivity index (χ0n) is 12.9. The van der Waals surface area contributed by atoms with E-state index in [-0.39, 0.29) is 5.78 Å². The van der Waals surface area contributed by atoms with E-state index in [1.54, 1.807) is 10.8 Å². The molecule has 5 nitrogen and oxygen atoms in total. The van der Waals surface area contributed by atoms with Gasteiger partial charge in [0.2, 0.25) is 5.16 Å². The van der Waals surface area contributed by atoms with Crippen LogP contribution in [-0.2, 0) is 6.54 Å². The summed E-state index contributed by atoms with van der Waals surface area (Å²) < 4.78 is 1.62. The Bertz CT molecular complexity index is 636. The number of ketones is 1. The van der Waals surface area contributed by atoms with Crippen LogP contribution in [0.3, 0.4) is 0 Å². The number of benzene rings is 1. The van der Waals surface area contributed by atoms with Crippen LogP contribution in [0.4, 0.5) is 0 Å². The number of aromatic nitrogens is 4. The highest BCUT2D eigenvalue weighted by Gasteiger charge is 2.11. The highest BCUT2D eigenvalue weighted by molar-refractivity contribution is 7.99. The summed E-state index contributed by atoms with van der Waals surface area (Å²) in [6.07, 6.45) is 2.81. The van der Waals surface area contributed by atoms with Gasteiger partial charge < -0.3 is 0 Å². The predicted octanol–water partition coefficient (Wildman–Crippen LogP) is 3.35. The van der Waals surface area contributed by atoms with Gasteiger partial charge in [0.15, 0.2) is 5.78 Å². The lowest BCUT2D eigenvalue weighted by Crippen LogP contribution is -2.05. The summed E-state index contributed by atoms with van der Waals surface area (Å²) in [5, 5.41) is 12.0. The number of allylic oxidation sites excluding steroid dienone is 1. The minimum atomic E-state index is 0.0776. The first-order valence-electron chi connectivity index (χ1n) is 7.28. The van der Waals surface area contributed by atoms with Crippen molar-refractivity contribution in [2.45, 2.75) is 37.9 Å². The van der Waals surface area contributed by atoms with Crippen LogP contribution < -0.4 is 0 Å². The van der Waals surface area contributed by atoms with Crippen molar-refractivity contribution in [2.75, 3.05) is 5.75 Å². The molecule has 1 aromatic heterocycles. The first kappa shape index (κ1) is 16.4. The Kier molecular flexibility index (Phi) is 5.89. The van der Waals surface area contributed by atoms with Gasteiger partial charge in [0.25, 0.3) is 0 Å². The number of nitrogens with zero attached hydrogens (tertiary/aromatic N) is 4. The van der Waals surface area contributed by atoms with E-state index in [1.165, 1.54) is 17.3 Å². The molecule has 1 atom stereocenters. The van der Waals surface area contributed by atoms with Gasteiger partial charge in [-0.1, -0.05) is 56.0 Å². The maximum absolute atomic E-state index is 12.2. The van der Waals surface area contributed by atoms with E-state index >= 15 is 0 Å². The lowest BCUT2D eigenvalue weighted by atomic mass is 9.97. The van der Waals surface area contributed by atoms with Crippen LogP contribution in [0.2, 0.25) is 0 Å². The number of hydrogen-bond acceptors (Lipinski definition) is 5. The molecule has 0 aliphatic carbocycles. The number of carbonyl (C=O) groups is 1. The van der Waals surface area contributed by atoms with Crippen molar-refractivity contribution in [3.05, 3.63) is 48.0 Å². The fourth-order valence-electron chi connectivity index (χ4n) is 1.98. The van der Waals surface area contributed by atoms with Crippen molar-refractivity contribution < 1.29 is 4.79 Å². The second-order valence-electron chi connectivity index (χ2n) is 5.08. The molecule has 6 heteroatoms. The van der Waals surface area contributed by atoms with Gasteiger partial charge in [0.1, 0.15) is 0 Å². The zero-order chi connectivity index (χ0) is 15.9. The van der Waals surface area contributed by atoms with Crippen LogP contribution in [0.1, 0.15) is 42.1 Å². The van der Waals surface area contributed by atoms with E-state index < -0.39 is 0 Å². The van der Waals surface area contributed by atoms with Crippen LogP contribution in [0.25, 0.3) is 0 Å². The molecular weight excluding hydrogens is 296 g/mol. The second-order valence-corrected chi connectivity index (χ2v) is 6.02. The molecule has 2 aromatic rings. The molecule has 116 valence electrons. The van der Waals surface area contributed by atoms with E-state index in [9.17, 15) is 4.79 Å². The topological polar surface area (TPSA) is 60.7 Å². The summed E-state index contributed by atoms with van der Waals surface area (Å²) in [6, 6.07) is 7.87. The van der Waals surface area contributed by atoms with E-state index in [2.05, 4.69) is 36.0 Å². The summed E-state index contributed by atoms with van der Waals surface area (Å²) in [4.78, 5) is 12.2. The summed E-state index contributed by atoms with van der Waals surface area (Å²) >= 11 is 1.34. The van der Waals surface area contributed by atoms with Crippen molar-refractivity contribution >= 4 is 17.5 Å². The Morgan fingerprint density at radius 1 is 1.41 bits per heavy atom. The van der Waals surface area contributed by atoms with Crippen LogP contribution in [0.15, 0.2) is 42.1 Å². The zero-order valence-corrected chi connectivity index (χ0v) is 13.7. The van der Waals surface area contributed by atoms with Crippen LogP contribution >= 0.6 is 11.8 Å². The minimum absolute atomic E-state index is 0.0776. The monoisotopic (exact) mass is 316 g/mol. The molecule has 0 saturated heterocycles. The fraction of sp³-hybridized carbons (Fsp3) is 0.375. The third-order valence-corrected chi connectivity index (χ3v) is 4.50. The van der Waals surface area contributed by atoms with Gasteiger partial charge in [-0.3, -0.25) is 4.79 Å². The maximum Gasteiger partial charge on any atom is 0.210 e. The first-order valence-corrected chi connectivity index (χ1v) is 8.27. The van der Waals surface area contributed by atoms with Crippen molar-refractivity contribution in [3.8, 4) is 0 Å². The van der Waals surface area contributed by atoms with Crippen molar-refractivity contribution in [2.24, 2.45) is 0 Å². The van der Waals surface area contributed by atoms with Crippen LogP contribution in [0.5, 0.6) is 0 Å². The third-order valence-electron chi connectivity index (χ3n) is 3.55. The highest BCUT2D eigenvalue weighted by atomic mass is 32.2. The molecule has 0 amide bonds. The van der Waals surface area contributed by atoms with Crippen molar-refractivity contribution in [3.63, 3.8) is 0 Å². The highest BCUT2D eigenvalue weighted by Crippen LogP contribution is 2.20. The number of Topliss-reactive ketones (excluding diaryl/α,β-unsaturated/α-hetero) is 1. The number of tetrazole rings is 1. The van der Waals surface area contributed by atoms with Crippen LogP contribution in [0, 0.1) is 0 Å². The molecule has 1 aromatic carbocycles. The van der Waals surface area contributed by atoms with Gasteiger partial charge in [-0.05, 0) is 28.3 Å². The molecular formula is C16H20N4OS. The average molecular weight is 316 g/mol. The molecule has 0 spiro atoms. The largest absolute Gasteiger partial charge is 0.293 e. The SMILES string of the molecule is C=CCn1nnnc1SCC(=O)c1ccc(C(C)CC)cc1. The lowest BCUT2D eigenvalue weighted by molar-refractivity contribution is 0.102. The summed E-state index contributed by atoms with van der Waals surface area (Å²) in [5.74, 6) is 0.913. The average Bonchev–Trinajstić information content (AvgIpc) is 2.99. The van der Waals surface area contributed by atoms with Gasteiger partial charge >= 0.3 is 0 Å². The molecule has 0 bridgehead atoms. The predicted molar refractivity (Wildman–Crippen MR) is 88.2 cm³/mol. The summed E-state index contributed by atoms with van der Waals surface area (Å²) in [5.41, 5.74) is 1.99. The van der Waals surface area contributed by atoms with Crippen molar-refractivity contribution in [1.29, 1.82) is 0 Å². The normalized spacial score (nSPS) is 12.1. The number of carbonyl (C=O) groups excluding carboxylic acids is 1. The lowest BCUT2D eigenvalue weighted by Gasteiger charge is -2.09. The standard InChI is InChI=1S/C16H20N4OS/c1-4-10-20-16(17-18-19-20)22-11-15(21)14-8-6-13(7-9-14)12(3)5-2/h4,6-9,12H,1,5,10-11H2,2-3H3. The van der Waals surface area contributed by atoms with E-state index in [4.69, 9.17) is 0 Å². The minimum Gasteiger partial charge on any atom is -0.293 e. The Morgan fingerprint density at radius 3 is 2.77 bits per heavy atom. The summed E-state index contributed by atoms with van der Waals surface area (Å²) in [7, 11) is 0. The molecule has 2 rings (SSSR count). The van der Waals surface area contributed by atoms with Gasteiger partial charge in [-0.25, -0.2) is 4.68 Å². The van der Waals surface area contributed by atoms with E-state index in [0.29, 0.717) is 23.4 Å². The Hall–Kier alpha value is -1.95. The molecule has 0 aliphatic heterocycles. The maximum atomic E-state index is 12.2. The smallest absolute Gasteiger partial charge is 0.210 e. The molecule has 22 heavy (non-hydrogen) atoms. The number of rotatable bonds is 8. The quantitative estimate of drug-likeness (QED) is 0.424. The first-order chi connectivity index (χ1) is 10.7. The molecule has 0 N–H and O–H groups in total. The number of thioether (sulfide) groups is 1. The van der Waals surface area contributed by atoms with Crippen molar-refractivity contribution in [1.82, 2.24) is 20.2 Å². The molecule has 1 heterocycles. The molecule has 0 saturated carbocycles. The van der Waals surface area contributed by atoms with E-state index in [0.717, 1.165) is 12.0 Å². The second kappa shape index (κ2) is 7.89. The molecule has 1 unspecified atom stereocenters. The molecule has 0 aliphatic rings. The van der Waals surface area contributed by atoms with Gasteiger partial charge in [-0.15, -0.1) is 11.7 Å². The van der Waals surface area contributed by atoms with Gasteiger partial charge in [0.05, 0.1) is 12.3 Å². The van der Waals surface area contributed by atoms with Gasteiger partial charge in [0, 0.05) is 5.56 Å². The van der Waals surface area contributed by atoms with Crippen LogP contribution in [-0.4, -0.2) is 31.7 Å². The Morgan fingerprint density at radius 2 is 2.14 bits per heavy atom. The summed E-state index contributed by atoms with van der Waals surface area (Å²) in [6.45, 7) is 8.54. The van der Waals surface area contributed by atoms with Gasteiger partial charge in [-0.2, -0.15) is 0 Å². The van der Waals surface area contributed by atoms with E-state index in [1.807, 2.05) is 24.3 Å². The third kappa shape index (κ3) is 4.04. The number of hydrogen-bond donors (Lipinski definition) is 0. The molecule has 0 radical (unpaired) electrons. The fourth-order valence-corrected chi connectivity index (χ4v) is 2.76. The Balaban J connectivity index is 1.97.